The molecular weight excluding hydrogens is 302 g/mol. The van der Waals surface area contributed by atoms with E-state index < -0.39 is 5.97 Å². The van der Waals surface area contributed by atoms with Crippen molar-refractivity contribution in [2.24, 2.45) is 0 Å². The predicted molar refractivity (Wildman–Crippen MR) is 78.2 cm³/mol. The molecule has 0 saturated carbocycles. The van der Waals surface area contributed by atoms with Gasteiger partial charge in [0.1, 0.15) is 11.3 Å². The summed E-state index contributed by atoms with van der Waals surface area (Å²) >= 11 is 0. The standard InChI is InChI=1S/C14H15N5O4/c1-8-15-11(23-18-8)4-3-5-19-6-9-12(16-17-13(9)20)10(7-19)14(21)22-2/h6-7H,3-5H2,1-2H3,(H,17,20). The number of carbonyl (C=O) groups is 1. The molecule has 0 unspecified atom stereocenters. The fourth-order valence-electron chi connectivity index (χ4n) is 2.33. The number of aromatic nitrogens is 5. The number of aryl methyl sites for hydroxylation is 3. The highest BCUT2D eigenvalue weighted by Crippen LogP contribution is 2.20. The minimum absolute atomic E-state index is 0.247. The van der Waals surface area contributed by atoms with Crippen LogP contribution in [0.1, 0.15) is 28.5 Å². The SMILES string of the molecule is COC(=O)c1cn(CCCc2nc(C)no2)cc2c(=O)[nH]nc1-2. The number of nitrogens with one attached hydrogen (secondary N) is 1. The van der Waals surface area contributed by atoms with E-state index in [4.69, 9.17) is 9.26 Å². The number of hydrogen-bond acceptors (Lipinski definition) is 7. The maximum Gasteiger partial charge on any atom is 0.341 e. The molecule has 0 saturated heterocycles. The Balaban J connectivity index is 1.82. The number of H-pyrrole nitrogens is 1. The zero-order valence-corrected chi connectivity index (χ0v) is 12.7. The first-order chi connectivity index (χ1) is 11.1. The third-order valence-electron chi connectivity index (χ3n) is 3.40. The lowest BCUT2D eigenvalue weighted by molar-refractivity contribution is 0.0600. The Labute approximate surface area is 130 Å². The lowest BCUT2D eigenvalue weighted by Crippen LogP contribution is -2.12. The van der Waals surface area contributed by atoms with Crippen LogP contribution in [0.15, 0.2) is 21.7 Å². The van der Waals surface area contributed by atoms with Gasteiger partial charge in [-0.05, 0) is 13.3 Å². The average molecular weight is 317 g/mol. The maximum atomic E-state index is 11.9. The highest BCUT2D eigenvalue weighted by atomic mass is 16.5. The van der Waals surface area contributed by atoms with Crippen molar-refractivity contribution < 1.29 is 14.1 Å². The summed E-state index contributed by atoms with van der Waals surface area (Å²) in [5.41, 5.74) is 0.566. The lowest BCUT2D eigenvalue weighted by atomic mass is 10.1. The molecule has 1 aromatic rings. The molecule has 120 valence electrons. The van der Waals surface area contributed by atoms with Crippen molar-refractivity contribution in [3.05, 3.63) is 40.0 Å². The molecule has 1 N–H and O–H groups in total. The Bertz CT molecular complexity index is 862. The molecule has 0 aliphatic carbocycles. The highest BCUT2D eigenvalue weighted by Gasteiger charge is 2.21. The number of esters is 1. The quantitative estimate of drug-likeness (QED) is 0.691. The molecule has 3 rings (SSSR count). The summed E-state index contributed by atoms with van der Waals surface area (Å²) < 4.78 is 11.6. The third kappa shape index (κ3) is 2.98. The van der Waals surface area contributed by atoms with Gasteiger partial charge in [0.15, 0.2) is 5.82 Å². The average Bonchev–Trinajstić information content (AvgIpc) is 3.12. The van der Waals surface area contributed by atoms with Gasteiger partial charge in [0.05, 0.1) is 12.7 Å². The molecule has 0 bridgehead atoms. The summed E-state index contributed by atoms with van der Waals surface area (Å²) in [6, 6.07) is 0. The zero-order chi connectivity index (χ0) is 16.4. The number of methoxy groups -OCH3 is 1. The molecule has 2 aliphatic heterocycles. The molecule has 23 heavy (non-hydrogen) atoms. The summed E-state index contributed by atoms with van der Waals surface area (Å²) in [7, 11) is 1.29. The second-order valence-corrected chi connectivity index (χ2v) is 5.06. The molecule has 3 heterocycles. The predicted octanol–water partition coefficient (Wildman–Crippen LogP) is 0.787. The van der Waals surface area contributed by atoms with E-state index in [0.717, 1.165) is 0 Å². The Morgan fingerprint density at radius 2 is 2.26 bits per heavy atom. The smallest absolute Gasteiger partial charge is 0.341 e. The third-order valence-corrected chi connectivity index (χ3v) is 3.40. The number of fused-ring (bicyclic) bond motifs is 1. The first-order valence-electron chi connectivity index (χ1n) is 7.04. The Morgan fingerprint density at radius 3 is 2.96 bits per heavy atom. The van der Waals surface area contributed by atoms with E-state index >= 15 is 0 Å². The summed E-state index contributed by atoms with van der Waals surface area (Å²) in [5, 5.41) is 9.95. The van der Waals surface area contributed by atoms with E-state index in [1.54, 1.807) is 23.9 Å². The van der Waals surface area contributed by atoms with Crippen LogP contribution in [0.25, 0.3) is 11.3 Å². The summed E-state index contributed by atoms with van der Waals surface area (Å²) in [6.07, 6.45) is 4.60. The largest absolute Gasteiger partial charge is 0.465 e. The van der Waals surface area contributed by atoms with E-state index in [-0.39, 0.29) is 11.1 Å². The van der Waals surface area contributed by atoms with Crippen molar-refractivity contribution in [1.29, 1.82) is 0 Å². The number of carbonyl (C=O) groups excluding carboxylic acids is 1. The van der Waals surface area contributed by atoms with Crippen LogP contribution in [0, 0.1) is 6.92 Å². The van der Waals surface area contributed by atoms with Gasteiger partial charge >= 0.3 is 5.97 Å². The number of pyridine rings is 1. The maximum absolute atomic E-state index is 11.9. The van der Waals surface area contributed by atoms with Gasteiger partial charge in [0, 0.05) is 25.4 Å². The monoisotopic (exact) mass is 317 g/mol. The number of hydrogen-bond donors (Lipinski definition) is 1. The molecule has 0 radical (unpaired) electrons. The molecule has 0 fully saturated rings. The second-order valence-electron chi connectivity index (χ2n) is 5.06. The van der Waals surface area contributed by atoms with Crippen LogP contribution in [-0.4, -0.2) is 38.0 Å². The Kier molecular flexibility index (Phi) is 3.92. The lowest BCUT2D eigenvalue weighted by Gasteiger charge is -2.11. The van der Waals surface area contributed by atoms with Gasteiger partial charge in [-0.15, -0.1) is 0 Å². The molecule has 9 heteroatoms. The van der Waals surface area contributed by atoms with Crippen molar-refractivity contribution in [3.8, 4) is 11.3 Å². The normalized spacial score (nSPS) is 11.0. The molecular formula is C14H15N5O4. The minimum atomic E-state index is -0.539. The summed E-state index contributed by atoms with van der Waals surface area (Å²) in [4.78, 5) is 27.8. The van der Waals surface area contributed by atoms with Crippen molar-refractivity contribution in [1.82, 2.24) is 24.9 Å². The zero-order valence-electron chi connectivity index (χ0n) is 12.7. The molecule has 0 aromatic carbocycles. The van der Waals surface area contributed by atoms with Crippen molar-refractivity contribution in [3.63, 3.8) is 0 Å². The molecule has 0 spiro atoms. The van der Waals surface area contributed by atoms with E-state index in [1.807, 2.05) is 0 Å². The van der Waals surface area contributed by atoms with E-state index in [9.17, 15) is 9.59 Å². The fourth-order valence-corrected chi connectivity index (χ4v) is 2.33. The first-order valence-corrected chi connectivity index (χ1v) is 7.04. The van der Waals surface area contributed by atoms with Crippen LogP contribution in [0.4, 0.5) is 0 Å². The van der Waals surface area contributed by atoms with Crippen LogP contribution in [-0.2, 0) is 17.7 Å². The van der Waals surface area contributed by atoms with Crippen molar-refractivity contribution >= 4 is 5.97 Å². The molecule has 2 aliphatic rings. The van der Waals surface area contributed by atoms with Gasteiger partial charge < -0.3 is 13.8 Å². The minimum Gasteiger partial charge on any atom is -0.465 e. The molecule has 0 atom stereocenters. The molecule has 9 nitrogen and oxygen atoms in total. The van der Waals surface area contributed by atoms with Crippen LogP contribution in [0.2, 0.25) is 0 Å². The van der Waals surface area contributed by atoms with E-state index in [0.29, 0.717) is 42.4 Å². The van der Waals surface area contributed by atoms with E-state index in [2.05, 4.69) is 20.3 Å². The van der Waals surface area contributed by atoms with Crippen molar-refractivity contribution in [2.45, 2.75) is 26.3 Å². The topological polar surface area (TPSA) is 116 Å². The summed E-state index contributed by atoms with van der Waals surface area (Å²) in [6.45, 7) is 2.33. The number of ether oxygens (including phenoxy) is 1. The van der Waals surface area contributed by atoms with Crippen LogP contribution in [0.5, 0.6) is 0 Å². The van der Waals surface area contributed by atoms with Crippen LogP contribution >= 0.6 is 0 Å². The van der Waals surface area contributed by atoms with Gasteiger partial charge in [-0.1, -0.05) is 5.16 Å². The van der Waals surface area contributed by atoms with E-state index in [1.165, 1.54) is 7.11 Å². The van der Waals surface area contributed by atoms with Crippen LogP contribution in [0.3, 0.4) is 0 Å². The molecule has 1 aromatic heterocycles. The highest BCUT2D eigenvalue weighted by molar-refractivity contribution is 5.95. The first kappa shape index (κ1) is 14.9. The van der Waals surface area contributed by atoms with Gasteiger partial charge in [-0.2, -0.15) is 10.1 Å². The second kappa shape index (κ2) is 6.03. The Morgan fingerprint density at radius 1 is 1.43 bits per heavy atom. The van der Waals surface area contributed by atoms with Gasteiger partial charge in [-0.3, -0.25) is 4.79 Å². The van der Waals surface area contributed by atoms with Gasteiger partial charge in [0.25, 0.3) is 5.56 Å². The molecule has 0 amide bonds. The Hall–Kier alpha value is -2.97. The number of rotatable bonds is 5. The van der Waals surface area contributed by atoms with Crippen LogP contribution < -0.4 is 5.56 Å². The van der Waals surface area contributed by atoms with Gasteiger partial charge in [-0.25, -0.2) is 9.89 Å². The number of aromatic amines is 1. The van der Waals surface area contributed by atoms with Crippen molar-refractivity contribution in [2.75, 3.05) is 7.11 Å². The van der Waals surface area contributed by atoms with Gasteiger partial charge in [0.2, 0.25) is 5.89 Å². The summed E-state index contributed by atoms with van der Waals surface area (Å²) in [5.74, 6) is 0.616. The fraction of sp³-hybridized carbons (Fsp3) is 0.357. The number of nitrogens with zero attached hydrogens (tertiary/aromatic N) is 4.